The van der Waals surface area contributed by atoms with E-state index in [1.165, 1.54) is 18.2 Å². The molecule has 0 bridgehead atoms. The Bertz CT molecular complexity index is 931. The van der Waals surface area contributed by atoms with Gasteiger partial charge in [-0.05, 0) is 24.3 Å². The molecule has 0 aromatic heterocycles. The summed E-state index contributed by atoms with van der Waals surface area (Å²) in [5.41, 5.74) is 0.644. The topological polar surface area (TPSA) is 51.2 Å². The highest BCUT2D eigenvalue weighted by atomic mass is 32.2. The quantitative estimate of drug-likeness (QED) is 0.687. The van der Waals surface area contributed by atoms with E-state index in [0.29, 0.717) is 5.56 Å². The van der Waals surface area contributed by atoms with Crippen LogP contribution in [0.15, 0.2) is 94.7 Å². The van der Waals surface area contributed by atoms with E-state index in [4.69, 9.17) is 0 Å². The number of carbonyl (C=O) groups is 1. The van der Waals surface area contributed by atoms with Gasteiger partial charge in [0, 0.05) is 11.1 Å². The third-order valence-electron chi connectivity index (χ3n) is 3.51. The van der Waals surface area contributed by atoms with E-state index in [1.54, 1.807) is 60.7 Å². The Hall–Kier alpha value is -2.72. The lowest BCUT2D eigenvalue weighted by Crippen LogP contribution is -2.10. The van der Waals surface area contributed by atoms with Crippen LogP contribution in [0.1, 0.15) is 15.9 Å². The molecule has 0 heterocycles. The van der Waals surface area contributed by atoms with Crippen LogP contribution in [-0.2, 0) is 9.84 Å². The summed E-state index contributed by atoms with van der Waals surface area (Å²) in [5, 5.41) is 0. The van der Waals surface area contributed by atoms with E-state index in [2.05, 4.69) is 0 Å². The van der Waals surface area contributed by atoms with Crippen molar-refractivity contribution in [3.05, 3.63) is 96.1 Å². The average molecular weight is 322 g/mol. The van der Waals surface area contributed by atoms with Gasteiger partial charge in [0.2, 0.25) is 9.84 Å². The van der Waals surface area contributed by atoms with E-state index in [-0.39, 0.29) is 21.1 Å². The van der Waals surface area contributed by atoms with Gasteiger partial charge in [-0.2, -0.15) is 0 Å². The summed E-state index contributed by atoms with van der Waals surface area (Å²) in [7, 11) is -3.74. The van der Waals surface area contributed by atoms with E-state index >= 15 is 0 Å². The Kier molecular flexibility index (Phi) is 4.08. The fourth-order valence-electron chi connectivity index (χ4n) is 2.36. The van der Waals surface area contributed by atoms with Crippen LogP contribution in [0, 0.1) is 0 Å². The van der Waals surface area contributed by atoms with Crippen molar-refractivity contribution in [2.45, 2.75) is 9.79 Å². The van der Waals surface area contributed by atoms with Crippen LogP contribution in [0.3, 0.4) is 0 Å². The van der Waals surface area contributed by atoms with Gasteiger partial charge in [-0.3, -0.25) is 4.79 Å². The minimum atomic E-state index is -3.74. The van der Waals surface area contributed by atoms with Crippen molar-refractivity contribution >= 4 is 15.6 Å². The third kappa shape index (κ3) is 2.94. The second-order valence-corrected chi connectivity index (χ2v) is 6.93. The highest BCUT2D eigenvalue weighted by Crippen LogP contribution is 2.25. The molecule has 3 aromatic carbocycles. The zero-order chi connectivity index (χ0) is 16.3. The standard InChI is InChI=1S/C19H14O3S/c20-19(15-9-3-1-4-10-15)17-13-7-8-14-18(17)23(21,22)16-11-5-2-6-12-16/h1-14H. The zero-order valence-corrected chi connectivity index (χ0v) is 13.0. The summed E-state index contributed by atoms with van der Waals surface area (Å²) in [6.45, 7) is 0. The van der Waals surface area contributed by atoms with Crippen molar-refractivity contribution in [2.24, 2.45) is 0 Å². The number of sulfone groups is 1. The van der Waals surface area contributed by atoms with Gasteiger partial charge >= 0.3 is 0 Å². The molecule has 114 valence electrons. The minimum absolute atomic E-state index is 0.0278. The van der Waals surface area contributed by atoms with E-state index in [9.17, 15) is 13.2 Å². The Labute approximate surface area is 135 Å². The summed E-state index contributed by atoms with van der Waals surface area (Å²) < 4.78 is 25.7. The Morgan fingerprint density at radius 3 is 1.83 bits per heavy atom. The van der Waals surface area contributed by atoms with Gasteiger partial charge in [0.15, 0.2) is 5.78 Å². The summed E-state index contributed by atoms with van der Waals surface area (Å²) in [4.78, 5) is 12.9. The van der Waals surface area contributed by atoms with Crippen LogP contribution in [0.5, 0.6) is 0 Å². The molecule has 0 aliphatic rings. The maximum Gasteiger partial charge on any atom is 0.207 e. The van der Waals surface area contributed by atoms with Crippen LogP contribution in [-0.4, -0.2) is 14.2 Å². The molecule has 0 saturated heterocycles. The van der Waals surface area contributed by atoms with E-state index < -0.39 is 9.84 Å². The lowest BCUT2D eigenvalue weighted by molar-refractivity contribution is 0.103. The van der Waals surface area contributed by atoms with E-state index in [0.717, 1.165) is 0 Å². The van der Waals surface area contributed by atoms with Gasteiger partial charge in [0.05, 0.1) is 9.79 Å². The Balaban J connectivity index is 2.14. The maximum absolute atomic E-state index is 12.8. The maximum atomic E-state index is 12.8. The smallest absolute Gasteiger partial charge is 0.207 e. The molecule has 4 heteroatoms. The summed E-state index contributed by atoms with van der Waals surface area (Å²) in [5.74, 6) is -0.305. The van der Waals surface area contributed by atoms with Crippen LogP contribution < -0.4 is 0 Å². The highest BCUT2D eigenvalue weighted by molar-refractivity contribution is 7.91. The first-order chi connectivity index (χ1) is 11.1. The molecule has 0 N–H and O–H groups in total. The van der Waals surface area contributed by atoms with Crippen LogP contribution in [0.4, 0.5) is 0 Å². The van der Waals surface area contributed by atoms with Crippen LogP contribution in [0.25, 0.3) is 0 Å². The molecule has 3 aromatic rings. The predicted octanol–water partition coefficient (Wildman–Crippen LogP) is 3.75. The molecule has 0 spiro atoms. The molecule has 0 aliphatic heterocycles. The fourth-order valence-corrected chi connectivity index (χ4v) is 3.84. The highest BCUT2D eigenvalue weighted by Gasteiger charge is 2.24. The lowest BCUT2D eigenvalue weighted by atomic mass is 10.0. The SMILES string of the molecule is O=C(c1ccccc1)c1ccccc1S(=O)(=O)c1ccccc1. The van der Waals surface area contributed by atoms with Crippen molar-refractivity contribution in [1.29, 1.82) is 0 Å². The van der Waals surface area contributed by atoms with Gasteiger partial charge in [-0.1, -0.05) is 60.7 Å². The zero-order valence-electron chi connectivity index (χ0n) is 12.2. The largest absolute Gasteiger partial charge is 0.289 e. The molecule has 0 amide bonds. The molecule has 0 radical (unpaired) electrons. The summed E-state index contributed by atoms with van der Waals surface area (Å²) in [6.07, 6.45) is 0. The molecule has 0 aliphatic carbocycles. The molecular formula is C19H14O3S. The Morgan fingerprint density at radius 1 is 0.652 bits per heavy atom. The number of hydrogen-bond acceptors (Lipinski definition) is 3. The first-order valence-electron chi connectivity index (χ1n) is 7.09. The molecule has 0 saturated carbocycles. The van der Waals surface area contributed by atoms with Crippen LogP contribution in [0.2, 0.25) is 0 Å². The summed E-state index contributed by atoms with van der Waals surface area (Å²) in [6, 6.07) is 23.1. The van der Waals surface area contributed by atoms with Crippen molar-refractivity contribution < 1.29 is 13.2 Å². The predicted molar refractivity (Wildman–Crippen MR) is 88.2 cm³/mol. The molecule has 0 unspecified atom stereocenters. The first-order valence-corrected chi connectivity index (χ1v) is 8.58. The second-order valence-electron chi connectivity index (χ2n) is 5.01. The van der Waals surface area contributed by atoms with Gasteiger partial charge in [0.1, 0.15) is 0 Å². The number of hydrogen-bond donors (Lipinski definition) is 0. The molecule has 23 heavy (non-hydrogen) atoms. The molecule has 0 atom stereocenters. The van der Waals surface area contributed by atoms with Gasteiger partial charge in [-0.15, -0.1) is 0 Å². The molecule has 3 nitrogen and oxygen atoms in total. The van der Waals surface area contributed by atoms with Crippen LogP contribution >= 0.6 is 0 Å². The normalized spacial score (nSPS) is 11.1. The molecular weight excluding hydrogens is 308 g/mol. The monoisotopic (exact) mass is 322 g/mol. The van der Waals surface area contributed by atoms with E-state index in [1.807, 2.05) is 6.07 Å². The number of rotatable bonds is 4. The van der Waals surface area contributed by atoms with Crippen molar-refractivity contribution in [3.63, 3.8) is 0 Å². The number of benzene rings is 3. The number of carbonyl (C=O) groups excluding carboxylic acids is 1. The molecule has 3 rings (SSSR count). The Morgan fingerprint density at radius 2 is 1.17 bits per heavy atom. The van der Waals surface area contributed by atoms with Crippen molar-refractivity contribution in [3.8, 4) is 0 Å². The van der Waals surface area contributed by atoms with Crippen molar-refractivity contribution in [2.75, 3.05) is 0 Å². The lowest BCUT2D eigenvalue weighted by Gasteiger charge is -2.10. The first kappa shape index (κ1) is 15.2. The second kappa shape index (κ2) is 6.18. The van der Waals surface area contributed by atoms with Gasteiger partial charge < -0.3 is 0 Å². The average Bonchev–Trinajstić information content (AvgIpc) is 2.62. The third-order valence-corrected chi connectivity index (χ3v) is 5.34. The fraction of sp³-hybridized carbons (Fsp3) is 0. The van der Waals surface area contributed by atoms with Gasteiger partial charge in [0.25, 0.3) is 0 Å². The minimum Gasteiger partial charge on any atom is -0.289 e. The summed E-state index contributed by atoms with van der Waals surface area (Å²) >= 11 is 0. The van der Waals surface area contributed by atoms with Gasteiger partial charge in [-0.25, -0.2) is 8.42 Å². The molecule has 0 fully saturated rings. The number of ketones is 1. The van der Waals surface area contributed by atoms with Crippen molar-refractivity contribution in [1.82, 2.24) is 0 Å².